The molecule has 0 radical (unpaired) electrons. The number of nitro groups is 1. The molecule has 124 valence electrons. The maximum Gasteiger partial charge on any atom is 0.337 e. The van der Waals surface area contributed by atoms with Gasteiger partial charge in [0.15, 0.2) is 0 Å². The second-order valence-electron chi connectivity index (χ2n) is 4.83. The van der Waals surface area contributed by atoms with Crippen molar-refractivity contribution >= 4 is 46.5 Å². The van der Waals surface area contributed by atoms with Crippen molar-refractivity contribution in [2.24, 2.45) is 0 Å². The quantitative estimate of drug-likeness (QED) is 0.621. The number of carboxylic acid groups (broad SMARTS) is 1. The van der Waals surface area contributed by atoms with Gasteiger partial charge in [-0.15, -0.1) is 0 Å². The zero-order valence-electron chi connectivity index (χ0n) is 12.2. The molecule has 0 spiro atoms. The molecule has 7 nitrogen and oxygen atoms in total. The lowest BCUT2D eigenvalue weighted by Gasteiger charge is -2.10. The molecule has 0 fully saturated rings. The lowest BCUT2D eigenvalue weighted by molar-refractivity contribution is -0.385. The minimum absolute atomic E-state index is 0.0586. The van der Waals surface area contributed by atoms with Gasteiger partial charge < -0.3 is 10.4 Å². The molecule has 0 aliphatic heterocycles. The fraction of sp³-hybridized carbons (Fsp3) is 0.0667. The Morgan fingerprint density at radius 2 is 1.83 bits per heavy atom. The van der Waals surface area contributed by atoms with E-state index in [-0.39, 0.29) is 32.5 Å². The predicted molar refractivity (Wildman–Crippen MR) is 89.2 cm³/mol. The first-order valence-corrected chi connectivity index (χ1v) is 7.25. The normalized spacial score (nSPS) is 10.3. The highest BCUT2D eigenvalue weighted by atomic mass is 35.5. The molecule has 0 aliphatic rings. The van der Waals surface area contributed by atoms with Gasteiger partial charge in [-0.2, -0.15) is 0 Å². The number of carboxylic acids is 1. The largest absolute Gasteiger partial charge is 0.478 e. The van der Waals surface area contributed by atoms with E-state index in [9.17, 15) is 19.7 Å². The molecular formula is C15H10Cl2N2O5. The zero-order valence-corrected chi connectivity index (χ0v) is 13.7. The minimum Gasteiger partial charge on any atom is -0.478 e. The Labute approximate surface area is 146 Å². The average molecular weight is 369 g/mol. The molecule has 0 aliphatic carbocycles. The molecule has 0 atom stereocenters. The summed E-state index contributed by atoms with van der Waals surface area (Å²) in [5.74, 6) is -1.85. The molecule has 2 rings (SSSR count). The lowest BCUT2D eigenvalue weighted by Crippen LogP contribution is -2.13. The fourth-order valence-electron chi connectivity index (χ4n) is 2.00. The van der Waals surface area contributed by atoms with Crippen LogP contribution in [0.1, 0.15) is 26.3 Å². The number of aromatic carboxylic acids is 1. The van der Waals surface area contributed by atoms with E-state index in [2.05, 4.69) is 5.32 Å². The van der Waals surface area contributed by atoms with Crippen molar-refractivity contribution in [2.45, 2.75) is 6.92 Å². The summed E-state index contributed by atoms with van der Waals surface area (Å²) in [6.07, 6.45) is 0. The maximum absolute atomic E-state index is 12.2. The van der Waals surface area contributed by atoms with Crippen molar-refractivity contribution in [1.29, 1.82) is 0 Å². The summed E-state index contributed by atoms with van der Waals surface area (Å²) in [4.78, 5) is 33.6. The molecule has 0 aromatic heterocycles. The number of carbonyl (C=O) groups excluding carboxylic acids is 1. The summed E-state index contributed by atoms with van der Waals surface area (Å²) in [6, 6.07) is 6.22. The van der Waals surface area contributed by atoms with Gasteiger partial charge >= 0.3 is 5.97 Å². The summed E-state index contributed by atoms with van der Waals surface area (Å²) in [5, 5.41) is 22.3. The van der Waals surface area contributed by atoms with Crippen molar-refractivity contribution in [3.63, 3.8) is 0 Å². The van der Waals surface area contributed by atoms with Crippen molar-refractivity contribution in [3.8, 4) is 0 Å². The number of nitrogens with zero attached hydrogens (tertiary/aromatic N) is 1. The third-order valence-corrected chi connectivity index (χ3v) is 3.82. The van der Waals surface area contributed by atoms with E-state index in [1.54, 1.807) is 0 Å². The number of hydrogen-bond acceptors (Lipinski definition) is 4. The number of nitro benzene ring substituents is 1. The standard InChI is InChI=1S/C15H10Cl2N2O5/c1-7-4-8(2-3-13(7)19(23)24)14(20)18-12-5-9(15(21)22)10(16)6-11(12)17/h2-6H,1H3,(H,18,20)(H,21,22). The van der Waals surface area contributed by atoms with Gasteiger partial charge in [-0.1, -0.05) is 23.2 Å². The van der Waals surface area contributed by atoms with E-state index in [1.807, 2.05) is 0 Å². The average Bonchev–Trinajstić information content (AvgIpc) is 2.48. The van der Waals surface area contributed by atoms with Gasteiger partial charge in [0.25, 0.3) is 11.6 Å². The molecule has 0 heterocycles. The van der Waals surface area contributed by atoms with Crippen LogP contribution in [0.3, 0.4) is 0 Å². The number of carbonyl (C=O) groups is 2. The molecule has 2 aromatic rings. The van der Waals surface area contributed by atoms with Gasteiger partial charge in [0.2, 0.25) is 0 Å². The highest BCUT2D eigenvalue weighted by molar-refractivity contribution is 6.38. The van der Waals surface area contributed by atoms with Crippen LogP contribution in [0.25, 0.3) is 0 Å². The molecular weight excluding hydrogens is 359 g/mol. The van der Waals surface area contributed by atoms with Gasteiger partial charge in [-0.05, 0) is 31.2 Å². The molecule has 0 saturated carbocycles. The number of halogens is 2. The van der Waals surface area contributed by atoms with E-state index < -0.39 is 16.8 Å². The highest BCUT2D eigenvalue weighted by Gasteiger charge is 2.17. The van der Waals surface area contributed by atoms with Crippen LogP contribution < -0.4 is 5.32 Å². The smallest absolute Gasteiger partial charge is 0.337 e. The number of anilines is 1. The van der Waals surface area contributed by atoms with Gasteiger partial charge in [0.1, 0.15) is 0 Å². The molecule has 0 bridgehead atoms. The highest BCUT2D eigenvalue weighted by Crippen LogP contribution is 2.30. The predicted octanol–water partition coefficient (Wildman–Crippen LogP) is 4.16. The summed E-state index contributed by atoms with van der Waals surface area (Å²) >= 11 is 11.7. The van der Waals surface area contributed by atoms with Crippen molar-refractivity contribution in [3.05, 3.63) is 67.2 Å². The van der Waals surface area contributed by atoms with E-state index in [4.69, 9.17) is 28.3 Å². The third kappa shape index (κ3) is 3.64. The molecule has 0 unspecified atom stereocenters. The second-order valence-corrected chi connectivity index (χ2v) is 5.64. The summed E-state index contributed by atoms with van der Waals surface area (Å²) in [7, 11) is 0. The number of aryl methyl sites for hydroxylation is 1. The Morgan fingerprint density at radius 3 is 2.38 bits per heavy atom. The SMILES string of the molecule is Cc1cc(C(=O)Nc2cc(C(=O)O)c(Cl)cc2Cl)ccc1[N+](=O)[O-]. The van der Waals surface area contributed by atoms with Crippen LogP contribution >= 0.6 is 23.2 Å². The molecule has 0 saturated heterocycles. The number of nitrogens with one attached hydrogen (secondary N) is 1. The summed E-state index contributed by atoms with van der Waals surface area (Å²) < 4.78 is 0. The topological polar surface area (TPSA) is 110 Å². The Hall–Kier alpha value is -2.64. The van der Waals surface area contributed by atoms with Gasteiger partial charge in [-0.3, -0.25) is 14.9 Å². The Bertz CT molecular complexity index is 867. The van der Waals surface area contributed by atoms with Crippen LogP contribution in [-0.2, 0) is 0 Å². The summed E-state index contributed by atoms with van der Waals surface area (Å²) in [6.45, 7) is 1.51. The number of rotatable bonds is 4. The van der Waals surface area contributed by atoms with Crippen molar-refractivity contribution in [2.75, 3.05) is 5.32 Å². The van der Waals surface area contributed by atoms with E-state index in [0.717, 1.165) is 6.07 Å². The lowest BCUT2D eigenvalue weighted by atomic mass is 10.1. The number of amides is 1. The van der Waals surface area contributed by atoms with Gasteiger partial charge in [0, 0.05) is 17.2 Å². The summed E-state index contributed by atoms with van der Waals surface area (Å²) in [5.41, 5.74) is 0.238. The zero-order chi connectivity index (χ0) is 18.0. The van der Waals surface area contributed by atoms with Crippen LogP contribution in [0.15, 0.2) is 30.3 Å². The molecule has 2 aromatic carbocycles. The minimum atomic E-state index is -1.27. The first-order chi connectivity index (χ1) is 11.2. The second kappa shape index (κ2) is 6.86. The fourth-order valence-corrected chi connectivity index (χ4v) is 2.52. The van der Waals surface area contributed by atoms with Crippen LogP contribution in [0.2, 0.25) is 10.0 Å². The van der Waals surface area contributed by atoms with E-state index in [0.29, 0.717) is 5.56 Å². The Balaban J connectivity index is 2.33. The Morgan fingerprint density at radius 1 is 1.17 bits per heavy atom. The van der Waals surface area contributed by atoms with Crippen LogP contribution in [0.4, 0.5) is 11.4 Å². The van der Waals surface area contributed by atoms with Gasteiger partial charge in [-0.25, -0.2) is 4.79 Å². The van der Waals surface area contributed by atoms with E-state index in [1.165, 1.54) is 31.2 Å². The van der Waals surface area contributed by atoms with Crippen LogP contribution in [0, 0.1) is 17.0 Å². The van der Waals surface area contributed by atoms with Crippen LogP contribution in [0.5, 0.6) is 0 Å². The molecule has 24 heavy (non-hydrogen) atoms. The van der Waals surface area contributed by atoms with Gasteiger partial charge in [0.05, 0.1) is 26.2 Å². The monoisotopic (exact) mass is 368 g/mol. The number of benzene rings is 2. The van der Waals surface area contributed by atoms with Crippen LogP contribution in [-0.4, -0.2) is 21.9 Å². The number of hydrogen-bond donors (Lipinski definition) is 2. The molecule has 2 N–H and O–H groups in total. The van der Waals surface area contributed by atoms with Crippen molar-refractivity contribution < 1.29 is 19.6 Å². The van der Waals surface area contributed by atoms with Crippen molar-refractivity contribution in [1.82, 2.24) is 0 Å². The Kier molecular flexibility index (Phi) is 5.06. The first-order valence-electron chi connectivity index (χ1n) is 6.49. The van der Waals surface area contributed by atoms with E-state index >= 15 is 0 Å². The first kappa shape index (κ1) is 17.7. The molecule has 9 heteroatoms. The maximum atomic E-state index is 12.2. The third-order valence-electron chi connectivity index (χ3n) is 3.19. The molecule has 1 amide bonds.